The number of nitrogens with one attached hydrogen (secondary N) is 1. The lowest BCUT2D eigenvalue weighted by molar-refractivity contribution is -0.0429. The number of pyridine rings is 1. The van der Waals surface area contributed by atoms with Crippen molar-refractivity contribution in [3.63, 3.8) is 0 Å². The summed E-state index contributed by atoms with van der Waals surface area (Å²) in [4.78, 5) is 8.98. The molecule has 0 aliphatic carbocycles. The van der Waals surface area contributed by atoms with Crippen LogP contribution >= 0.6 is 11.3 Å². The lowest BCUT2D eigenvalue weighted by Gasteiger charge is -2.14. The van der Waals surface area contributed by atoms with Gasteiger partial charge >= 0.3 is 15.5 Å². The SMILES string of the molecule is COc1cc(-c2csc(-c3ccnc(CC(C)C)c3)n2)ccc1NS(=O)(=O)C(F)(F)F. The molecule has 166 valence electrons. The van der Waals surface area contributed by atoms with E-state index in [0.717, 1.165) is 22.7 Å². The zero-order valence-corrected chi connectivity index (χ0v) is 18.5. The van der Waals surface area contributed by atoms with Crippen molar-refractivity contribution in [2.24, 2.45) is 5.92 Å². The fourth-order valence-electron chi connectivity index (χ4n) is 2.82. The van der Waals surface area contributed by atoms with Crippen molar-refractivity contribution in [1.29, 1.82) is 0 Å². The van der Waals surface area contributed by atoms with Gasteiger partial charge in [0.25, 0.3) is 0 Å². The first-order valence-corrected chi connectivity index (χ1v) is 11.5. The first-order chi connectivity index (χ1) is 14.5. The van der Waals surface area contributed by atoms with Crippen LogP contribution in [0.3, 0.4) is 0 Å². The zero-order chi connectivity index (χ0) is 22.8. The molecule has 1 aromatic carbocycles. The average molecular weight is 472 g/mol. The van der Waals surface area contributed by atoms with Crippen molar-refractivity contribution in [1.82, 2.24) is 9.97 Å². The highest BCUT2D eigenvalue weighted by molar-refractivity contribution is 7.93. The summed E-state index contributed by atoms with van der Waals surface area (Å²) in [6, 6.07) is 7.97. The molecule has 0 saturated heterocycles. The Morgan fingerprint density at radius 3 is 2.55 bits per heavy atom. The highest BCUT2D eigenvalue weighted by Gasteiger charge is 2.46. The van der Waals surface area contributed by atoms with E-state index in [9.17, 15) is 21.6 Å². The maximum Gasteiger partial charge on any atom is 0.516 e. The third kappa shape index (κ3) is 5.34. The topological polar surface area (TPSA) is 81.2 Å². The van der Waals surface area contributed by atoms with Crippen LogP contribution in [0.15, 0.2) is 41.9 Å². The Bertz CT molecular complexity index is 1180. The molecule has 3 rings (SSSR count). The first kappa shape index (κ1) is 23.0. The zero-order valence-electron chi connectivity index (χ0n) is 16.9. The molecule has 0 amide bonds. The van der Waals surface area contributed by atoms with Crippen LogP contribution in [0.2, 0.25) is 0 Å². The average Bonchev–Trinajstić information content (AvgIpc) is 3.17. The molecule has 0 saturated carbocycles. The Morgan fingerprint density at radius 1 is 1.16 bits per heavy atom. The van der Waals surface area contributed by atoms with Crippen molar-refractivity contribution in [3.05, 3.63) is 47.6 Å². The number of rotatable bonds is 7. The van der Waals surface area contributed by atoms with Crippen LogP contribution < -0.4 is 9.46 Å². The molecule has 2 heterocycles. The number of alkyl halides is 3. The van der Waals surface area contributed by atoms with Gasteiger partial charge in [-0.25, -0.2) is 4.98 Å². The molecule has 0 aliphatic rings. The Labute approximate surface area is 182 Å². The highest BCUT2D eigenvalue weighted by atomic mass is 32.2. The van der Waals surface area contributed by atoms with Crippen molar-refractivity contribution in [2.45, 2.75) is 25.8 Å². The summed E-state index contributed by atoms with van der Waals surface area (Å²) >= 11 is 1.42. The van der Waals surface area contributed by atoms with Crippen LogP contribution in [-0.4, -0.2) is 31.0 Å². The van der Waals surface area contributed by atoms with Crippen LogP contribution in [-0.2, 0) is 16.4 Å². The highest BCUT2D eigenvalue weighted by Crippen LogP contribution is 2.35. The van der Waals surface area contributed by atoms with E-state index in [1.807, 2.05) is 17.5 Å². The van der Waals surface area contributed by atoms with Gasteiger partial charge in [0.1, 0.15) is 10.8 Å². The Balaban J connectivity index is 1.89. The largest absolute Gasteiger partial charge is 0.516 e. The molecule has 0 unspecified atom stereocenters. The van der Waals surface area contributed by atoms with Gasteiger partial charge < -0.3 is 4.74 Å². The normalized spacial score (nSPS) is 12.2. The summed E-state index contributed by atoms with van der Waals surface area (Å²) in [5.74, 6) is 0.415. The number of hydrogen-bond acceptors (Lipinski definition) is 6. The third-order valence-corrected chi connectivity index (χ3v) is 6.22. The number of ether oxygens (including phenoxy) is 1. The van der Waals surface area contributed by atoms with Crippen molar-refractivity contribution in [3.8, 4) is 27.6 Å². The lowest BCUT2D eigenvalue weighted by atomic mass is 10.1. The minimum Gasteiger partial charge on any atom is -0.495 e. The molecule has 11 heteroatoms. The van der Waals surface area contributed by atoms with Crippen molar-refractivity contribution < 1.29 is 26.3 Å². The van der Waals surface area contributed by atoms with Crippen LogP contribution in [0, 0.1) is 5.92 Å². The van der Waals surface area contributed by atoms with E-state index in [0.29, 0.717) is 17.2 Å². The molecule has 0 atom stereocenters. The molecule has 0 bridgehead atoms. The molecule has 2 aromatic heterocycles. The van der Waals surface area contributed by atoms with E-state index < -0.39 is 15.5 Å². The number of aromatic nitrogens is 2. The fraction of sp³-hybridized carbons (Fsp3) is 0.300. The summed E-state index contributed by atoms with van der Waals surface area (Å²) in [5.41, 5.74) is -2.70. The fourth-order valence-corrected chi connectivity index (χ4v) is 4.22. The van der Waals surface area contributed by atoms with Gasteiger partial charge in [-0.3, -0.25) is 9.71 Å². The summed E-state index contributed by atoms with van der Waals surface area (Å²) in [6.45, 7) is 4.23. The standard InChI is InChI=1S/C20H20F3N3O3S2/c1-12(2)8-15-9-14(6-7-24-15)19-25-17(11-30-19)13-4-5-16(18(10-13)29-3)26-31(27,28)20(21,22)23/h4-7,9-12,26H,8H2,1-3H3. The monoisotopic (exact) mass is 471 g/mol. The number of methoxy groups -OCH3 is 1. The first-order valence-electron chi connectivity index (χ1n) is 9.18. The second kappa shape index (κ2) is 8.83. The van der Waals surface area contributed by atoms with Crippen LogP contribution in [0.1, 0.15) is 19.5 Å². The van der Waals surface area contributed by atoms with Crippen LogP contribution in [0.4, 0.5) is 18.9 Å². The van der Waals surface area contributed by atoms with Crippen molar-refractivity contribution >= 4 is 27.0 Å². The van der Waals surface area contributed by atoms with Gasteiger partial charge in [0.05, 0.1) is 18.5 Å². The molecule has 0 spiro atoms. The minimum atomic E-state index is -5.56. The quantitative estimate of drug-likeness (QED) is 0.503. The van der Waals surface area contributed by atoms with Crippen LogP contribution in [0.25, 0.3) is 21.8 Å². The van der Waals surface area contributed by atoms with Gasteiger partial charge in [0.2, 0.25) is 0 Å². The molecule has 0 radical (unpaired) electrons. The van der Waals surface area contributed by atoms with E-state index in [1.54, 1.807) is 6.20 Å². The number of sulfonamides is 1. The van der Waals surface area contributed by atoms with E-state index in [-0.39, 0.29) is 11.4 Å². The number of hydrogen-bond donors (Lipinski definition) is 1. The predicted molar refractivity (Wildman–Crippen MR) is 114 cm³/mol. The lowest BCUT2D eigenvalue weighted by Crippen LogP contribution is -2.30. The second-order valence-corrected chi connectivity index (χ2v) is 9.67. The van der Waals surface area contributed by atoms with Crippen LogP contribution in [0.5, 0.6) is 5.75 Å². The summed E-state index contributed by atoms with van der Waals surface area (Å²) < 4.78 is 67.3. The Morgan fingerprint density at radius 2 is 1.90 bits per heavy atom. The Hall–Kier alpha value is -2.66. The molecular weight excluding hydrogens is 451 g/mol. The molecule has 3 aromatic rings. The molecule has 1 N–H and O–H groups in total. The smallest absolute Gasteiger partial charge is 0.495 e. The number of halogens is 3. The molecule has 31 heavy (non-hydrogen) atoms. The van der Waals surface area contributed by atoms with Gasteiger partial charge in [-0.05, 0) is 36.6 Å². The summed E-state index contributed by atoms with van der Waals surface area (Å²) in [5, 5.41) is 2.58. The minimum absolute atomic E-state index is 0.0528. The summed E-state index contributed by atoms with van der Waals surface area (Å²) in [7, 11) is -4.31. The third-order valence-electron chi connectivity index (χ3n) is 4.23. The van der Waals surface area contributed by atoms with Crippen molar-refractivity contribution in [2.75, 3.05) is 11.8 Å². The molecule has 6 nitrogen and oxygen atoms in total. The second-order valence-electron chi connectivity index (χ2n) is 7.14. The number of nitrogens with zero attached hydrogens (tertiary/aromatic N) is 2. The maximum atomic E-state index is 12.7. The number of anilines is 1. The summed E-state index contributed by atoms with van der Waals surface area (Å²) in [6.07, 6.45) is 2.58. The Kier molecular flexibility index (Phi) is 6.56. The molecule has 0 fully saturated rings. The van der Waals surface area contributed by atoms with E-state index in [1.165, 1.54) is 41.4 Å². The number of benzene rings is 1. The predicted octanol–water partition coefficient (Wildman–Crippen LogP) is 5.34. The van der Waals surface area contributed by atoms with Gasteiger partial charge in [-0.1, -0.05) is 19.9 Å². The number of thiazole rings is 1. The van der Waals surface area contributed by atoms with Gasteiger partial charge in [-0.15, -0.1) is 11.3 Å². The van der Waals surface area contributed by atoms with E-state index >= 15 is 0 Å². The molecule has 0 aliphatic heterocycles. The van der Waals surface area contributed by atoms with Gasteiger partial charge in [0, 0.05) is 28.4 Å². The van der Waals surface area contributed by atoms with Gasteiger partial charge in [-0.2, -0.15) is 21.6 Å². The van der Waals surface area contributed by atoms with E-state index in [4.69, 9.17) is 4.74 Å². The van der Waals surface area contributed by atoms with E-state index in [2.05, 4.69) is 23.8 Å². The maximum absolute atomic E-state index is 12.7. The van der Waals surface area contributed by atoms with Gasteiger partial charge in [0.15, 0.2) is 0 Å². The molecular formula is C20H20F3N3O3S2.